The summed E-state index contributed by atoms with van der Waals surface area (Å²) in [6.45, 7) is 4.06. The van der Waals surface area contributed by atoms with E-state index in [1.54, 1.807) is 0 Å². The standard InChI is InChI=1S/C13H12ClN3O2S/c1-6-5-7(2)15-11-8(6)9-10(20-11)12(18)17(4-3-14)13(19)16-9/h5H,3-4H2,1-2H3,(H,16,19). The second kappa shape index (κ2) is 4.71. The number of nitrogens with zero attached hydrogens (tertiary/aromatic N) is 2. The summed E-state index contributed by atoms with van der Waals surface area (Å²) in [6.07, 6.45) is 0. The number of halogens is 1. The molecule has 0 aliphatic rings. The summed E-state index contributed by atoms with van der Waals surface area (Å²) in [4.78, 5) is 32.4. The van der Waals surface area contributed by atoms with Crippen LogP contribution >= 0.6 is 22.9 Å². The van der Waals surface area contributed by atoms with Crippen LogP contribution in [0, 0.1) is 13.8 Å². The summed E-state index contributed by atoms with van der Waals surface area (Å²) in [6, 6.07) is 1.94. The van der Waals surface area contributed by atoms with E-state index in [9.17, 15) is 9.59 Å². The fraction of sp³-hybridized carbons (Fsp3) is 0.308. The Balaban J connectivity index is 2.52. The van der Waals surface area contributed by atoms with Gasteiger partial charge in [-0.25, -0.2) is 9.78 Å². The van der Waals surface area contributed by atoms with Gasteiger partial charge in [-0.15, -0.1) is 22.9 Å². The molecule has 104 valence electrons. The monoisotopic (exact) mass is 309 g/mol. The predicted octanol–water partition coefficient (Wildman–Crippen LogP) is 2.16. The van der Waals surface area contributed by atoms with Gasteiger partial charge in [-0.1, -0.05) is 0 Å². The highest BCUT2D eigenvalue weighted by molar-refractivity contribution is 7.25. The largest absolute Gasteiger partial charge is 0.328 e. The molecule has 0 saturated heterocycles. The molecule has 0 atom stereocenters. The van der Waals surface area contributed by atoms with Crippen molar-refractivity contribution >= 4 is 43.4 Å². The number of pyridine rings is 1. The number of fused-ring (bicyclic) bond motifs is 3. The lowest BCUT2D eigenvalue weighted by molar-refractivity contribution is 0.690. The first kappa shape index (κ1) is 13.3. The zero-order chi connectivity index (χ0) is 14.4. The van der Waals surface area contributed by atoms with Crippen LogP contribution in [0.15, 0.2) is 15.7 Å². The zero-order valence-corrected chi connectivity index (χ0v) is 12.6. The van der Waals surface area contributed by atoms with Crippen molar-refractivity contribution in [3.63, 3.8) is 0 Å². The van der Waals surface area contributed by atoms with E-state index in [1.807, 2.05) is 19.9 Å². The molecule has 3 aromatic rings. The maximum atomic E-state index is 12.4. The highest BCUT2D eigenvalue weighted by Gasteiger charge is 2.15. The molecule has 0 bridgehead atoms. The van der Waals surface area contributed by atoms with Gasteiger partial charge in [-0.3, -0.25) is 9.36 Å². The van der Waals surface area contributed by atoms with Gasteiger partial charge < -0.3 is 4.98 Å². The molecule has 20 heavy (non-hydrogen) atoms. The molecule has 3 heterocycles. The maximum absolute atomic E-state index is 12.4. The van der Waals surface area contributed by atoms with Crippen molar-refractivity contribution in [2.45, 2.75) is 20.4 Å². The molecule has 0 saturated carbocycles. The van der Waals surface area contributed by atoms with Crippen LogP contribution < -0.4 is 11.2 Å². The van der Waals surface area contributed by atoms with Crippen LogP contribution in [0.4, 0.5) is 0 Å². The minimum absolute atomic E-state index is 0.200. The van der Waals surface area contributed by atoms with Gasteiger partial charge in [0, 0.05) is 23.5 Å². The minimum Gasteiger partial charge on any atom is -0.305 e. The number of aromatic amines is 1. The van der Waals surface area contributed by atoms with Crippen LogP contribution in [-0.2, 0) is 6.54 Å². The number of aromatic nitrogens is 3. The Morgan fingerprint density at radius 2 is 2.15 bits per heavy atom. The van der Waals surface area contributed by atoms with E-state index in [0.717, 1.165) is 26.0 Å². The molecule has 5 nitrogen and oxygen atoms in total. The molecule has 0 amide bonds. The second-order valence-corrected chi connectivity index (χ2v) is 6.02. The Bertz CT molecular complexity index is 939. The van der Waals surface area contributed by atoms with Gasteiger partial charge in [0.2, 0.25) is 0 Å². The lowest BCUT2D eigenvalue weighted by Crippen LogP contribution is -2.34. The fourth-order valence-electron chi connectivity index (χ4n) is 2.39. The molecule has 0 aliphatic carbocycles. The average molecular weight is 310 g/mol. The van der Waals surface area contributed by atoms with Crippen molar-refractivity contribution in [2.24, 2.45) is 0 Å². The molecular weight excluding hydrogens is 298 g/mol. The summed E-state index contributed by atoms with van der Waals surface area (Å²) in [5.74, 6) is 0.218. The Kier molecular flexibility index (Phi) is 3.14. The average Bonchev–Trinajstić information content (AvgIpc) is 2.73. The smallest absolute Gasteiger partial charge is 0.305 e. The SMILES string of the molecule is Cc1cc(C)c2c(n1)sc1c(=O)n(CCCl)c(=O)[nH]c12. The molecule has 3 rings (SSSR count). The van der Waals surface area contributed by atoms with E-state index in [4.69, 9.17) is 11.6 Å². The molecule has 7 heteroatoms. The normalized spacial score (nSPS) is 11.6. The molecule has 0 spiro atoms. The fourth-order valence-corrected chi connectivity index (χ4v) is 3.76. The van der Waals surface area contributed by atoms with Gasteiger partial charge in [-0.2, -0.15) is 0 Å². The minimum atomic E-state index is -0.428. The Labute approximate surface area is 122 Å². The number of aryl methyl sites for hydroxylation is 2. The zero-order valence-electron chi connectivity index (χ0n) is 11.0. The number of alkyl halides is 1. The molecule has 0 radical (unpaired) electrons. The number of hydrogen-bond acceptors (Lipinski definition) is 4. The van der Waals surface area contributed by atoms with Crippen molar-refractivity contribution in [3.8, 4) is 0 Å². The number of hydrogen-bond donors (Lipinski definition) is 1. The number of rotatable bonds is 2. The molecule has 0 aromatic carbocycles. The van der Waals surface area contributed by atoms with Crippen LogP contribution in [0.3, 0.4) is 0 Å². The predicted molar refractivity (Wildman–Crippen MR) is 82.2 cm³/mol. The van der Waals surface area contributed by atoms with Crippen LogP contribution in [0.2, 0.25) is 0 Å². The second-order valence-electron chi connectivity index (χ2n) is 4.64. The quantitative estimate of drug-likeness (QED) is 0.738. The Morgan fingerprint density at radius 3 is 2.85 bits per heavy atom. The maximum Gasteiger partial charge on any atom is 0.328 e. The highest BCUT2D eigenvalue weighted by atomic mass is 35.5. The van der Waals surface area contributed by atoms with Gasteiger partial charge in [0.05, 0.1) is 5.52 Å². The topological polar surface area (TPSA) is 67.8 Å². The lowest BCUT2D eigenvalue weighted by atomic mass is 10.1. The van der Waals surface area contributed by atoms with Crippen molar-refractivity contribution in [1.82, 2.24) is 14.5 Å². The third kappa shape index (κ3) is 1.87. The van der Waals surface area contributed by atoms with Gasteiger partial charge in [0.1, 0.15) is 9.53 Å². The van der Waals surface area contributed by atoms with E-state index in [0.29, 0.717) is 10.2 Å². The van der Waals surface area contributed by atoms with Gasteiger partial charge in [-0.05, 0) is 25.5 Å². The number of thiophene rings is 1. The van der Waals surface area contributed by atoms with Gasteiger partial charge in [0.25, 0.3) is 5.56 Å². The third-order valence-corrected chi connectivity index (χ3v) is 4.45. The van der Waals surface area contributed by atoms with Crippen molar-refractivity contribution in [1.29, 1.82) is 0 Å². The lowest BCUT2D eigenvalue weighted by Gasteiger charge is -2.02. The first-order valence-electron chi connectivity index (χ1n) is 6.12. The molecule has 1 N–H and O–H groups in total. The summed E-state index contributed by atoms with van der Waals surface area (Å²) < 4.78 is 1.65. The summed E-state index contributed by atoms with van der Waals surface area (Å²) in [5.41, 5.74) is 1.75. The van der Waals surface area contributed by atoms with Gasteiger partial charge >= 0.3 is 5.69 Å². The van der Waals surface area contributed by atoms with Crippen molar-refractivity contribution in [2.75, 3.05) is 5.88 Å². The number of nitrogens with one attached hydrogen (secondary N) is 1. The Hall–Kier alpha value is -1.66. The van der Waals surface area contributed by atoms with Crippen LogP contribution in [0.5, 0.6) is 0 Å². The van der Waals surface area contributed by atoms with Crippen LogP contribution in [-0.4, -0.2) is 20.4 Å². The van der Waals surface area contributed by atoms with E-state index < -0.39 is 5.69 Å². The molecule has 0 fully saturated rings. The van der Waals surface area contributed by atoms with E-state index in [1.165, 1.54) is 11.3 Å². The van der Waals surface area contributed by atoms with Crippen molar-refractivity contribution < 1.29 is 0 Å². The molecule has 0 aliphatic heterocycles. The Morgan fingerprint density at radius 1 is 1.40 bits per heavy atom. The summed E-state index contributed by atoms with van der Waals surface area (Å²) >= 11 is 6.94. The van der Waals surface area contributed by atoms with E-state index in [2.05, 4.69) is 9.97 Å². The van der Waals surface area contributed by atoms with E-state index >= 15 is 0 Å². The highest BCUT2D eigenvalue weighted by Crippen LogP contribution is 2.31. The molecule has 0 unspecified atom stereocenters. The first-order valence-corrected chi connectivity index (χ1v) is 7.47. The molecular formula is C13H12ClN3O2S. The van der Waals surface area contributed by atoms with E-state index in [-0.39, 0.29) is 18.0 Å². The molecule has 3 aromatic heterocycles. The van der Waals surface area contributed by atoms with Crippen LogP contribution in [0.1, 0.15) is 11.3 Å². The summed E-state index contributed by atoms with van der Waals surface area (Å²) in [5, 5.41) is 0.850. The first-order chi connectivity index (χ1) is 9.52. The number of H-pyrrole nitrogens is 1. The third-order valence-electron chi connectivity index (χ3n) is 3.21. The van der Waals surface area contributed by atoms with Gasteiger partial charge in [0.15, 0.2) is 0 Å². The van der Waals surface area contributed by atoms with Crippen molar-refractivity contribution in [3.05, 3.63) is 38.2 Å². The summed E-state index contributed by atoms with van der Waals surface area (Å²) in [7, 11) is 0. The van der Waals surface area contributed by atoms with Crippen LogP contribution in [0.25, 0.3) is 20.4 Å².